The Bertz CT molecular complexity index is 2450. The first-order valence-corrected chi connectivity index (χ1v) is 24.3. The van der Waals surface area contributed by atoms with Crippen LogP contribution in [0.15, 0.2) is 108 Å². The Morgan fingerprint density at radius 3 is 2.49 bits per heavy atom. The van der Waals surface area contributed by atoms with Gasteiger partial charge in [0.1, 0.15) is 29.0 Å². The van der Waals surface area contributed by atoms with Gasteiger partial charge >= 0.3 is 0 Å². The minimum atomic E-state index is -1.41. The zero-order valence-corrected chi connectivity index (χ0v) is 38.6. The van der Waals surface area contributed by atoms with Crippen molar-refractivity contribution in [2.24, 2.45) is 28.8 Å². The van der Waals surface area contributed by atoms with Crippen LogP contribution in [0.25, 0.3) is 10.8 Å². The number of ether oxygens (including phenoxy) is 5. The molecule has 1 saturated heterocycles. The highest BCUT2D eigenvalue weighted by Gasteiger charge is 2.66. The second-order valence-corrected chi connectivity index (χ2v) is 18.7. The molecule has 9 rings (SSSR count). The number of unbranched alkanes of at least 4 members (excludes halogenated alkanes) is 2. The number of benzene rings is 4. The molecule has 7 atom stereocenters. The van der Waals surface area contributed by atoms with E-state index in [0.29, 0.717) is 61.0 Å². The molecule has 7 unspecified atom stereocenters. The van der Waals surface area contributed by atoms with E-state index in [2.05, 4.69) is 43.0 Å². The van der Waals surface area contributed by atoms with Gasteiger partial charge in [0.25, 0.3) is 0 Å². The molecule has 2 N–H and O–H groups in total. The number of rotatable bonds is 21. The summed E-state index contributed by atoms with van der Waals surface area (Å²) in [6.45, 7) is 5.38. The summed E-state index contributed by atoms with van der Waals surface area (Å²) in [5.74, 6) is 0.00835. The summed E-state index contributed by atoms with van der Waals surface area (Å²) in [5.41, 5.74) is 4.02. The first-order valence-electron chi connectivity index (χ1n) is 24.3. The molecule has 12 heteroatoms. The van der Waals surface area contributed by atoms with Gasteiger partial charge in [0.2, 0.25) is 18.0 Å². The fourth-order valence-electron chi connectivity index (χ4n) is 11.2. The maximum atomic E-state index is 15.2. The number of nitrogens with zero attached hydrogens (tertiary/aromatic N) is 2. The Kier molecular flexibility index (Phi) is 14.7. The standard InChI is InChI=1S/C55H64N2O10/c1-3-28-64-55-50(57(54(61)37-20-21-37)34-39-16-12-15-36-13-4-5-17-43(36)39)33-47(56-67-51-19-8-11-29-63-51)45-31-38(14-6-9-26-58)44(18-7-10-27-59)52(53(45)55)46-32-42(23-25-49(46)66-55)65-41-22-24-48(62-2)40(30-41)35-60/h3-5,12-13,15-17,22-25,30-32,35,37-38,44,50-53,58-59H,1,6-11,14,18-21,26-29,33-34H2,2H3. The van der Waals surface area contributed by atoms with Gasteiger partial charge in [0.05, 0.1) is 37.5 Å². The van der Waals surface area contributed by atoms with Crippen LogP contribution in [0, 0.1) is 23.7 Å². The number of carbonyl (C=O) groups excluding carboxylic acids is 2. The molecule has 354 valence electrons. The number of hydrogen-bond donors (Lipinski definition) is 2. The molecule has 5 aliphatic rings. The van der Waals surface area contributed by atoms with Gasteiger partial charge in [-0.3, -0.25) is 9.59 Å². The van der Waals surface area contributed by atoms with E-state index in [4.69, 9.17) is 33.7 Å². The van der Waals surface area contributed by atoms with Crippen molar-refractivity contribution in [2.75, 3.05) is 33.5 Å². The number of allylic oxidation sites excluding steroid dienone is 1. The van der Waals surface area contributed by atoms with E-state index < -0.39 is 24.0 Å². The zero-order valence-electron chi connectivity index (χ0n) is 38.6. The van der Waals surface area contributed by atoms with E-state index in [0.717, 1.165) is 97.3 Å². The SMILES string of the molecule is C=CCOC12Oc3ccc(Oc4ccc(OC)c(C=O)c4)cc3C3C(CCCCO)C(CCCCO)C=C(C(=NOC4CCCCO4)CC1N(Cc1cccc4ccccc14)C(=O)C1CC1)C32. The van der Waals surface area contributed by atoms with Crippen molar-refractivity contribution in [2.45, 2.75) is 108 Å². The third kappa shape index (κ3) is 9.77. The van der Waals surface area contributed by atoms with Crippen molar-refractivity contribution in [3.63, 3.8) is 0 Å². The molecule has 2 aliphatic heterocycles. The predicted molar refractivity (Wildman–Crippen MR) is 255 cm³/mol. The Labute approximate surface area is 393 Å². The fourth-order valence-corrected chi connectivity index (χ4v) is 11.2. The van der Waals surface area contributed by atoms with E-state index in [9.17, 15) is 15.0 Å². The molecular weight excluding hydrogens is 849 g/mol. The lowest BCUT2D eigenvalue weighted by Crippen LogP contribution is -2.70. The van der Waals surface area contributed by atoms with E-state index in [1.165, 1.54) is 7.11 Å². The highest BCUT2D eigenvalue weighted by molar-refractivity contribution is 6.03. The predicted octanol–water partition coefficient (Wildman–Crippen LogP) is 10.1. The van der Waals surface area contributed by atoms with Gasteiger partial charge in [-0.25, -0.2) is 0 Å². The lowest BCUT2D eigenvalue weighted by Gasteiger charge is -2.60. The molecule has 2 heterocycles. The van der Waals surface area contributed by atoms with E-state index in [1.807, 2.05) is 35.2 Å². The summed E-state index contributed by atoms with van der Waals surface area (Å²) in [4.78, 5) is 35.6. The van der Waals surface area contributed by atoms with Crippen molar-refractivity contribution < 1.29 is 48.3 Å². The van der Waals surface area contributed by atoms with Gasteiger partial charge in [0, 0.05) is 50.0 Å². The van der Waals surface area contributed by atoms with Crippen molar-refractivity contribution in [3.8, 4) is 23.0 Å². The van der Waals surface area contributed by atoms with Gasteiger partial charge < -0.3 is 43.6 Å². The summed E-state index contributed by atoms with van der Waals surface area (Å²) >= 11 is 0. The van der Waals surface area contributed by atoms with Gasteiger partial charge in [-0.05, 0) is 122 Å². The molecule has 67 heavy (non-hydrogen) atoms. The van der Waals surface area contributed by atoms with Crippen molar-refractivity contribution >= 4 is 28.7 Å². The smallest absolute Gasteiger partial charge is 0.239 e. The maximum Gasteiger partial charge on any atom is 0.239 e. The molecule has 3 fully saturated rings. The summed E-state index contributed by atoms with van der Waals surface area (Å²) in [5, 5.41) is 27.3. The molecule has 0 aromatic heterocycles. The van der Waals surface area contributed by atoms with Crippen molar-refractivity contribution in [1.82, 2.24) is 4.90 Å². The monoisotopic (exact) mass is 912 g/mol. The molecule has 0 bridgehead atoms. The van der Waals surface area contributed by atoms with Crippen LogP contribution in [-0.4, -0.2) is 84.7 Å². The molecule has 4 aromatic rings. The summed E-state index contributed by atoms with van der Waals surface area (Å²) in [6, 6.07) is 24.9. The number of oxime groups is 1. The van der Waals surface area contributed by atoms with Crippen LogP contribution in [0.4, 0.5) is 0 Å². The lowest BCUT2D eigenvalue weighted by atomic mass is 9.55. The van der Waals surface area contributed by atoms with Crippen LogP contribution in [0.2, 0.25) is 0 Å². The van der Waals surface area contributed by atoms with Crippen LogP contribution < -0.4 is 14.2 Å². The average molecular weight is 913 g/mol. The number of aldehydes is 1. The third-order valence-corrected chi connectivity index (χ3v) is 14.4. The second kappa shape index (κ2) is 21.2. The van der Waals surface area contributed by atoms with Gasteiger partial charge in [0.15, 0.2) is 6.29 Å². The molecule has 0 spiro atoms. The second-order valence-electron chi connectivity index (χ2n) is 18.7. The van der Waals surface area contributed by atoms with Crippen LogP contribution in [0.1, 0.15) is 104 Å². The largest absolute Gasteiger partial charge is 0.496 e. The number of aliphatic hydroxyl groups is 2. The molecular formula is C55H64N2O10. The summed E-state index contributed by atoms with van der Waals surface area (Å²) < 4.78 is 32.8. The third-order valence-electron chi connectivity index (χ3n) is 14.4. The molecule has 1 amide bonds. The number of hydrogen-bond acceptors (Lipinski definition) is 11. The molecule has 4 aromatic carbocycles. The normalized spacial score (nSPS) is 25.8. The van der Waals surface area contributed by atoms with Crippen LogP contribution >= 0.6 is 0 Å². The highest BCUT2D eigenvalue weighted by Crippen LogP contribution is 2.62. The van der Waals surface area contributed by atoms with Crippen molar-refractivity contribution in [3.05, 3.63) is 120 Å². The van der Waals surface area contributed by atoms with E-state index in [1.54, 1.807) is 24.3 Å². The molecule has 3 aliphatic carbocycles. The minimum Gasteiger partial charge on any atom is -0.496 e. The first kappa shape index (κ1) is 46.6. The number of aliphatic hydroxyl groups excluding tert-OH is 2. The maximum absolute atomic E-state index is 15.2. The number of carbonyl (C=O) groups is 2. The number of fused-ring (bicyclic) bond motifs is 3. The molecule has 12 nitrogen and oxygen atoms in total. The average Bonchev–Trinajstić information content (AvgIpc) is 4.22. The van der Waals surface area contributed by atoms with Gasteiger partial charge in [-0.2, -0.15) is 0 Å². The Balaban J connectivity index is 1.25. The van der Waals surface area contributed by atoms with Crippen LogP contribution in [0.3, 0.4) is 0 Å². The van der Waals surface area contributed by atoms with E-state index >= 15 is 4.79 Å². The number of amides is 1. The zero-order chi connectivity index (χ0) is 46.3. The topological polar surface area (TPSA) is 146 Å². The Morgan fingerprint density at radius 1 is 0.940 bits per heavy atom. The summed E-state index contributed by atoms with van der Waals surface area (Å²) in [7, 11) is 1.53. The summed E-state index contributed by atoms with van der Waals surface area (Å²) in [6.07, 6.45) is 13.5. The van der Waals surface area contributed by atoms with Crippen LogP contribution in [-0.2, 0) is 25.7 Å². The Morgan fingerprint density at radius 2 is 1.73 bits per heavy atom. The highest BCUT2D eigenvalue weighted by atomic mass is 16.8. The Hall–Kier alpha value is -5.53. The van der Waals surface area contributed by atoms with Crippen molar-refractivity contribution in [1.29, 1.82) is 0 Å². The van der Waals surface area contributed by atoms with E-state index in [-0.39, 0.29) is 49.4 Å². The van der Waals surface area contributed by atoms with Gasteiger partial charge in [-0.1, -0.05) is 72.6 Å². The minimum absolute atomic E-state index is 0.0273. The first-order chi connectivity index (χ1) is 32.9. The quantitative estimate of drug-likeness (QED) is 0.0359. The fraction of sp³-hybridized carbons (Fsp3) is 0.473. The number of methoxy groups -OCH3 is 1. The van der Waals surface area contributed by atoms with Crippen LogP contribution in [0.5, 0.6) is 23.0 Å². The molecule has 2 saturated carbocycles. The molecule has 0 radical (unpaired) electrons. The van der Waals surface area contributed by atoms with Gasteiger partial charge in [-0.15, -0.1) is 6.58 Å². The lowest BCUT2D eigenvalue weighted by molar-refractivity contribution is -0.258.